The zero-order chi connectivity index (χ0) is 15.4. The second-order valence-corrected chi connectivity index (χ2v) is 4.38. The molecule has 0 saturated carbocycles. The number of nitrogens with zero attached hydrogens (tertiary/aromatic N) is 1. The van der Waals surface area contributed by atoms with Crippen molar-refractivity contribution in [2.24, 2.45) is 0 Å². The first-order valence-corrected chi connectivity index (χ1v) is 6.18. The molecule has 1 heterocycles. The Hall–Kier alpha value is -3.07. The van der Waals surface area contributed by atoms with Gasteiger partial charge in [0, 0.05) is 5.39 Å². The van der Waals surface area contributed by atoms with Crippen molar-refractivity contribution in [2.45, 2.75) is 13.0 Å². The molecule has 2 amide bonds. The summed E-state index contributed by atoms with van der Waals surface area (Å²) in [5, 5.41) is 14.9. The number of aromatic nitrogens is 1. The maximum Gasteiger partial charge on any atom is 0.405 e. The first-order chi connectivity index (χ1) is 10.0. The lowest BCUT2D eigenvalue weighted by atomic mass is 10.1. The molecule has 2 aromatic rings. The maximum atomic E-state index is 11.9. The fourth-order valence-corrected chi connectivity index (χ4v) is 1.86. The van der Waals surface area contributed by atoms with E-state index in [2.05, 4.69) is 21.5 Å². The van der Waals surface area contributed by atoms with Crippen LogP contribution in [-0.4, -0.2) is 28.1 Å². The third kappa shape index (κ3) is 3.28. The molecular formula is C15H13N3O3. The summed E-state index contributed by atoms with van der Waals surface area (Å²) in [5.74, 6) is 2.24. The molecule has 1 atom stereocenters. The van der Waals surface area contributed by atoms with Gasteiger partial charge in [-0.25, -0.2) is 9.78 Å². The predicted octanol–water partition coefficient (Wildman–Crippen LogP) is 1.81. The zero-order valence-electron chi connectivity index (χ0n) is 11.3. The highest BCUT2D eigenvalue weighted by molar-refractivity contribution is 5.97. The summed E-state index contributed by atoms with van der Waals surface area (Å²) >= 11 is 0. The normalized spacial score (nSPS) is 11.4. The highest BCUT2D eigenvalue weighted by atomic mass is 16.4. The highest BCUT2D eigenvalue weighted by Gasteiger charge is 2.16. The fraction of sp³-hybridized carbons (Fsp3) is 0.133. The topological polar surface area (TPSA) is 91.3 Å². The number of fused-ring (bicyclic) bond motifs is 1. The monoisotopic (exact) mass is 283 g/mol. The molecule has 1 aromatic carbocycles. The number of nitrogens with one attached hydrogen (secondary N) is 2. The van der Waals surface area contributed by atoms with Crippen molar-refractivity contribution >= 4 is 28.6 Å². The number of carbonyl (C=O) groups is 2. The van der Waals surface area contributed by atoms with Crippen molar-refractivity contribution in [3.8, 4) is 12.3 Å². The van der Waals surface area contributed by atoms with Gasteiger partial charge in [-0.1, -0.05) is 24.3 Å². The molecule has 0 aliphatic carbocycles. The number of anilines is 1. The molecule has 0 aliphatic rings. The maximum absolute atomic E-state index is 11.9. The van der Waals surface area contributed by atoms with Crippen molar-refractivity contribution in [2.75, 3.05) is 5.32 Å². The minimum absolute atomic E-state index is 0.283. The highest BCUT2D eigenvalue weighted by Crippen LogP contribution is 2.20. The standard InChI is InChI=1S/C15H13N3O3/c1-3-12-11-7-5-4-6-10(11)8-13(17-12)18-14(19)9(2)16-15(20)21/h1,4-9,16H,2H3,(H,20,21)(H,17,18,19). The average molecular weight is 283 g/mol. The Morgan fingerprint density at radius 1 is 1.38 bits per heavy atom. The fourth-order valence-electron chi connectivity index (χ4n) is 1.86. The Labute approximate surface area is 121 Å². The Bertz CT molecular complexity index is 749. The van der Waals surface area contributed by atoms with E-state index in [1.807, 2.05) is 24.3 Å². The predicted molar refractivity (Wildman–Crippen MR) is 78.9 cm³/mol. The first kappa shape index (κ1) is 14.3. The van der Waals surface area contributed by atoms with Crippen LogP contribution in [0.2, 0.25) is 0 Å². The minimum atomic E-state index is -1.27. The molecule has 21 heavy (non-hydrogen) atoms. The lowest BCUT2D eigenvalue weighted by Crippen LogP contribution is -2.41. The van der Waals surface area contributed by atoms with Crippen molar-refractivity contribution in [1.82, 2.24) is 10.3 Å². The van der Waals surface area contributed by atoms with Crippen LogP contribution < -0.4 is 10.6 Å². The number of rotatable bonds is 3. The SMILES string of the molecule is C#Cc1nc(NC(=O)C(C)NC(=O)O)cc2ccccc12. The van der Waals surface area contributed by atoms with Crippen molar-refractivity contribution in [3.05, 3.63) is 36.0 Å². The summed E-state index contributed by atoms with van der Waals surface area (Å²) in [7, 11) is 0. The average Bonchev–Trinajstić information content (AvgIpc) is 2.45. The van der Waals surface area contributed by atoms with E-state index in [1.165, 1.54) is 6.92 Å². The van der Waals surface area contributed by atoms with Gasteiger partial charge in [0.05, 0.1) is 0 Å². The smallest absolute Gasteiger partial charge is 0.405 e. The molecule has 106 valence electrons. The number of carboxylic acid groups (broad SMARTS) is 1. The molecule has 0 radical (unpaired) electrons. The summed E-state index contributed by atoms with van der Waals surface area (Å²) in [5.41, 5.74) is 0.419. The molecule has 0 aliphatic heterocycles. The molecule has 0 saturated heterocycles. The van der Waals surface area contributed by atoms with Gasteiger partial charge in [-0.2, -0.15) is 0 Å². The van der Waals surface area contributed by atoms with Gasteiger partial charge in [-0.3, -0.25) is 4.79 Å². The first-order valence-electron chi connectivity index (χ1n) is 6.18. The van der Waals surface area contributed by atoms with E-state index in [0.717, 1.165) is 10.8 Å². The van der Waals surface area contributed by atoms with Crippen LogP contribution in [0.5, 0.6) is 0 Å². The van der Waals surface area contributed by atoms with Gasteiger partial charge in [-0.05, 0) is 24.3 Å². The molecular weight excluding hydrogens is 270 g/mol. The Morgan fingerprint density at radius 3 is 2.76 bits per heavy atom. The summed E-state index contributed by atoms with van der Waals surface area (Å²) < 4.78 is 0. The minimum Gasteiger partial charge on any atom is -0.465 e. The summed E-state index contributed by atoms with van der Waals surface area (Å²) in [6.45, 7) is 1.44. The summed E-state index contributed by atoms with van der Waals surface area (Å²) in [6.07, 6.45) is 4.16. The molecule has 1 aromatic heterocycles. The summed E-state index contributed by atoms with van der Waals surface area (Å²) in [4.78, 5) is 26.5. The van der Waals surface area contributed by atoms with Crippen LogP contribution >= 0.6 is 0 Å². The van der Waals surface area contributed by atoms with E-state index in [9.17, 15) is 9.59 Å². The number of amides is 2. The van der Waals surface area contributed by atoms with Gasteiger partial charge in [0.2, 0.25) is 5.91 Å². The molecule has 6 heteroatoms. The van der Waals surface area contributed by atoms with Crippen LogP contribution in [0.25, 0.3) is 10.8 Å². The van der Waals surface area contributed by atoms with Crippen molar-refractivity contribution in [3.63, 3.8) is 0 Å². The molecule has 2 rings (SSSR count). The van der Waals surface area contributed by atoms with E-state index in [4.69, 9.17) is 11.5 Å². The lowest BCUT2D eigenvalue weighted by Gasteiger charge is -2.12. The van der Waals surface area contributed by atoms with Crippen LogP contribution in [-0.2, 0) is 4.79 Å². The Kier molecular flexibility index (Phi) is 4.05. The van der Waals surface area contributed by atoms with Crippen LogP contribution in [0.4, 0.5) is 10.6 Å². The van der Waals surface area contributed by atoms with E-state index < -0.39 is 18.0 Å². The molecule has 3 N–H and O–H groups in total. The van der Waals surface area contributed by atoms with Gasteiger partial charge in [-0.15, -0.1) is 6.42 Å². The van der Waals surface area contributed by atoms with Crippen LogP contribution in [0.15, 0.2) is 30.3 Å². The number of benzene rings is 1. The van der Waals surface area contributed by atoms with E-state index in [1.54, 1.807) is 6.07 Å². The van der Waals surface area contributed by atoms with E-state index in [-0.39, 0.29) is 5.82 Å². The number of hydrogen-bond donors (Lipinski definition) is 3. The number of carbonyl (C=O) groups excluding carboxylic acids is 1. The quantitative estimate of drug-likeness (QED) is 0.749. The molecule has 0 spiro atoms. The number of terminal acetylenes is 1. The van der Waals surface area contributed by atoms with Gasteiger partial charge in [0.1, 0.15) is 17.6 Å². The van der Waals surface area contributed by atoms with Gasteiger partial charge in [0.25, 0.3) is 0 Å². The molecule has 1 unspecified atom stereocenters. The van der Waals surface area contributed by atoms with Crippen LogP contribution in [0.3, 0.4) is 0 Å². The Morgan fingerprint density at radius 2 is 2.10 bits per heavy atom. The third-order valence-corrected chi connectivity index (χ3v) is 2.86. The van der Waals surface area contributed by atoms with Crippen molar-refractivity contribution < 1.29 is 14.7 Å². The number of hydrogen-bond acceptors (Lipinski definition) is 3. The number of pyridine rings is 1. The van der Waals surface area contributed by atoms with Gasteiger partial charge in [0.15, 0.2) is 0 Å². The van der Waals surface area contributed by atoms with Crippen LogP contribution in [0, 0.1) is 12.3 Å². The van der Waals surface area contributed by atoms with E-state index >= 15 is 0 Å². The molecule has 0 fully saturated rings. The Balaban J connectivity index is 2.29. The zero-order valence-corrected chi connectivity index (χ0v) is 11.3. The van der Waals surface area contributed by atoms with Gasteiger partial charge < -0.3 is 15.7 Å². The van der Waals surface area contributed by atoms with E-state index in [0.29, 0.717) is 5.69 Å². The second-order valence-electron chi connectivity index (χ2n) is 4.38. The summed E-state index contributed by atoms with van der Waals surface area (Å²) in [6, 6.07) is 8.18. The third-order valence-electron chi connectivity index (χ3n) is 2.86. The second kappa shape index (κ2) is 5.92. The van der Waals surface area contributed by atoms with Gasteiger partial charge >= 0.3 is 6.09 Å². The molecule has 0 bridgehead atoms. The largest absolute Gasteiger partial charge is 0.465 e. The van der Waals surface area contributed by atoms with Crippen LogP contribution in [0.1, 0.15) is 12.6 Å². The lowest BCUT2D eigenvalue weighted by molar-refractivity contribution is -0.117. The molecule has 6 nitrogen and oxygen atoms in total. The van der Waals surface area contributed by atoms with Crippen molar-refractivity contribution in [1.29, 1.82) is 0 Å².